The van der Waals surface area contributed by atoms with Crippen LogP contribution in [0.1, 0.15) is 29.2 Å². The normalized spacial score (nSPS) is 16.9. The van der Waals surface area contributed by atoms with Crippen LogP contribution in [0.5, 0.6) is 0 Å². The molecule has 1 aliphatic heterocycles. The van der Waals surface area contributed by atoms with Crippen molar-refractivity contribution in [2.75, 3.05) is 6.61 Å². The van der Waals surface area contributed by atoms with Gasteiger partial charge in [0.1, 0.15) is 18.6 Å². The second kappa shape index (κ2) is 8.69. The van der Waals surface area contributed by atoms with Crippen LogP contribution < -0.4 is 0 Å². The lowest BCUT2D eigenvalue weighted by Gasteiger charge is -2.22. The van der Waals surface area contributed by atoms with Crippen molar-refractivity contribution in [3.8, 4) is 0 Å². The van der Waals surface area contributed by atoms with Gasteiger partial charge in [-0.3, -0.25) is 4.79 Å². The summed E-state index contributed by atoms with van der Waals surface area (Å²) in [6, 6.07) is 17.5. The first-order valence-electron chi connectivity index (χ1n) is 9.52. The van der Waals surface area contributed by atoms with Crippen LogP contribution in [0.2, 0.25) is 0 Å². The van der Waals surface area contributed by atoms with E-state index in [1.165, 1.54) is 11.2 Å². The number of cyclic esters (lactones) is 1. The number of carbonyl (C=O) groups excluding carboxylic acids is 2. The summed E-state index contributed by atoms with van der Waals surface area (Å²) in [4.78, 5) is 37.4. The van der Waals surface area contributed by atoms with Gasteiger partial charge in [-0.15, -0.1) is 4.91 Å². The van der Waals surface area contributed by atoms with Gasteiger partial charge in [-0.25, -0.2) is 9.69 Å². The number of nitrogens with zero attached hydrogens (tertiary/aromatic N) is 3. The lowest BCUT2D eigenvalue weighted by molar-refractivity contribution is -0.129. The molecule has 4 rings (SSSR count). The number of aromatic nitrogens is 1. The number of hydrogen-bond acceptors (Lipinski definition) is 7. The maximum atomic E-state index is 13.2. The third kappa shape index (κ3) is 4.12. The van der Waals surface area contributed by atoms with Gasteiger partial charge in [0.05, 0.1) is 11.7 Å². The highest BCUT2D eigenvalue weighted by molar-refractivity contribution is 5.94. The predicted octanol–water partition coefficient (Wildman–Crippen LogP) is 4.18. The molecule has 3 aromatic rings. The quantitative estimate of drug-likeness (QED) is 0.546. The van der Waals surface area contributed by atoms with E-state index in [0.717, 1.165) is 11.1 Å². The average molecular weight is 405 g/mol. The molecule has 152 valence electrons. The van der Waals surface area contributed by atoms with Crippen LogP contribution in [0.15, 0.2) is 76.6 Å². The summed E-state index contributed by atoms with van der Waals surface area (Å²) in [5.74, 6) is -0.799. The van der Waals surface area contributed by atoms with Crippen molar-refractivity contribution in [2.45, 2.75) is 24.8 Å². The molecular formula is C22H19N3O5. The van der Waals surface area contributed by atoms with E-state index in [0.29, 0.717) is 12.1 Å². The van der Waals surface area contributed by atoms with Crippen molar-refractivity contribution in [1.82, 2.24) is 10.1 Å². The highest BCUT2D eigenvalue weighted by Gasteiger charge is 2.39. The maximum Gasteiger partial charge on any atom is 0.416 e. The number of rotatable bonds is 7. The predicted molar refractivity (Wildman–Crippen MR) is 107 cm³/mol. The average Bonchev–Trinajstić information content (AvgIpc) is 3.43. The first-order valence-corrected chi connectivity index (χ1v) is 9.52. The minimum atomic E-state index is -0.639. The first-order chi connectivity index (χ1) is 14.7. The second-order valence-corrected chi connectivity index (χ2v) is 7.05. The van der Waals surface area contributed by atoms with E-state index in [1.807, 2.05) is 30.3 Å². The summed E-state index contributed by atoms with van der Waals surface area (Å²) in [6.07, 6.45) is 1.31. The molecule has 8 nitrogen and oxygen atoms in total. The molecule has 1 fully saturated rings. The summed E-state index contributed by atoms with van der Waals surface area (Å²) in [6.45, 7) is 0.161. The number of imide groups is 1. The first kappa shape index (κ1) is 19.5. The number of hydrogen-bond donors (Lipinski definition) is 0. The Morgan fingerprint density at radius 3 is 2.57 bits per heavy atom. The van der Waals surface area contributed by atoms with Gasteiger partial charge in [-0.1, -0.05) is 47.6 Å². The lowest BCUT2D eigenvalue weighted by atomic mass is 9.91. The van der Waals surface area contributed by atoms with Gasteiger partial charge in [0, 0.05) is 18.4 Å². The summed E-state index contributed by atoms with van der Waals surface area (Å²) in [5.41, 5.74) is 2.62. The Balaban J connectivity index is 1.56. The third-order valence-electron chi connectivity index (χ3n) is 5.14. The highest BCUT2D eigenvalue weighted by atomic mass is 16.6. The van der Waals surface area contributed by atoms with Crippen molar-refractivity contribution in [1.29, 1.82) is 0 Å². The molecule has 2 amide bonds. The van der Waals surface area contributed by atoms with Crippen molar-refractivity contribution < 1.29 is 18.8 Å². The highest BCUT2D eigenvalue weighted by Crippen LogP contribution is 2.30. The molecule has 1 aromatic heterocycles. The van der Waals surface area contributed by atoms with E-state index in [2.05, 4.69) is 10.3 Å². The molecule has 0 unspecified atom stereocenters. The smallest absolute Gasteiger partial charge is 0.416 e. The minimum Gasteiger partial charge on any atom is -0.447 e. The zero-order valence-electron chi connectivity index (χ0n) is 16.0. The Morgan fingerprint density at radius 2 is 1.90 bits per heavy atom. The Bertz CT molecular complexity index is 1020. The van der Waals surface area contributed by atoms with Gasteiger partial charge >= 0.3 is 6.09 Å². The molecule has 0 radical (unpaired) electrons. The number of amides is 2. The van der Waals surface area contributed by atoms with Crippen LogP contribution in [-0.2, 0) is 16.0 Å². The fourth-order valence-corrected chi connectivity index (χ4v) is 3.64. The van der Waals surface area contributed by atoms with Crippen LogP contribution in [0.3, 0.4) is 0 Å². The van der Waals surface area contributed by atoms with E-state index >= 15 is 0 Å². The minimum absolute atomic E-state index is 0.000781. The Morgan fingerprint density at radius 1 is 1.13 bits per heavy atom. The molecule has 0 N–H and O–H groups in total. The standard InChI is InChI=1S/C22H19N3O5/c26-21(25-18(14-29-22(25)27)12-15-4-2-1-3-5-15)13-19(20-10-11-30-24-20)16-6-8-17(23-28)9-7-16/h1-11,18-19H,12-14H2/t18-,19-/m0/s1. The molecule has 8 heteroatoms. The molecular weight excluding hydrogens is 386 g/mol. The van der Waals surface area contributed by atoms with Crippen molar-refractivity contribution >= 4 is 17.7 Å². The van der Waals surface area contributed by atoms with E-state index in [4.69, 9.17) is 9.26 Å². The van der Waals surface area contributed by atoms with Gasteiger partial charge < -0.3 is 9.26 Å². The number of carbonyl (C=O) groups is 2. The van der Waals surface area contributed by atoms with Crippen molar-refractivity contribution in [3.05, 3.63) is 88.7 Å². The van der Waals surface area contributed by atoms with Crippen LogP contribution in [0.4, 0.5) is 10.5 Å². The fraction of sp³-hybridized carbons (Fsp3) is 0.227. The lowest BCUT2D eigenvalue weighted by Crippen LogP contribution is -2.40. The monoisotopic (exact) mass is 405 g/mol. The van der Waals surface area contributed by atoms with E-state index in [1.54, 1.807) is 30.3 Å². The van der Waals surface area contributed by atoms with Gasteiger partial charge in [-0.2, -0.15) is 0 Å². The molecule has 2 aromatic carbocycles. The summed E-state index contributed by atoms with van der Waals surface area (Å²) in [7, 11) is 0. The van der Waals surface area contributed by atoms with Crippen LogP contribution in [0.25, 0.3) is 0 Å². The van der Waals surface area contributed by atoms with Crippen molar-refractivity contribution in [3.63, 3.8) is 0 Å². The SMILES string of the molecule is O=Nc1ccc([C@H](CC(=O)N2C(=O)OC[C@@H]2Cc2ccccc2)c2ccon2)cc1. The second-order valence-electron chi connectivity index (χ2n) is 7.05. The Hall–Kier alpha value is -3.81. The zero-order chi connectivity index (χ0) is 20.9. The Kier molecular flexibility index (Phi) is 5.65. The topological polar surface area (TPSA) is 102 Å². The van der Waals surface area contributed by atoms with Crippen LogP contribution in [-0.4, -0.2) is 34.7 Å². The van der Waals surface area contributed by atoms with E-state index in [-0.39, 0.29) is 30.7 Å². The molecule has 2 heterocycles. The van der Waals surface area contributed by atoms with Crippen LogP contribution in [0, 0.1) is 4.91 Å². The van der Waals surface area contributed by atoms with Gasteiger partial charge in [-0.05, 0) is 34.9 Å². The van der Waals surface area contributed by atoms with Gasteiger partial charge in [0.15, 0.2) is 0 Å². The van der Waals surface area contributed by atoms with Crippen LogP contribution >= 0.6 is 0 Å². The molecule has 0 aliphatic carbocycles. The number of ether oxygens (including phenoxy) is 1. The summed E-state index contributed by atoms with van der Waals surface area (Å²) < 4.78 is 10.1. The van der Waals surface area contributed by atoms with E-state index in [9.17, 15) is 14.5 Å². The molecule has 1 aliphatic rings. The molecule has 0 bridgehead atoms. The molecule has 2 atom stereocenters. The molecule has 1 saturated heterocycles. The van der Waals surface area contributed by atoms with Crippen molar-refractivity contribution in [2.24, 2.45) is 5.18 Å². The van der Waals surface area contributed by atoms with E-state index < -0.39 is 12.0 Å². The van der Waals surface area contributed by atoms with Gasteiger partial charge in [0.2, 0.25) is 5.91 Å². The van der Waals surface area contributed by atoms with Gasteiger partial charge in [0.25, 0.3) is 0 Å². The maximum absolute atomic E-state index is 13.2. The molecule has 0 spiro atoms. The summed E-state index contributed by atoms with van der Waals surface area (Å²) in [5, 5.41) is 6.87. The number of nitroso groups, excluding NO2 is 1. The molecule has 0 saturated carbocycles. The zero-order valence-corrected chi connectivity index (χ0v) is 16.0. The largest absolute Gasteiger partial charge is 0.447 e. The fourth-order valence-electron chi connectivity index (χ4n) is 3.64. The number of benzene rings is 2. The third-order valence-corrected chi connectivity index (χ3v) is 5.14. The summed E-state index contributed by atoms with van der Waals surface area (Å²) >= 11 is 0. The molecule has 30 heavy (non-hydrogen) atoms. The Labute approximate surface area is 172 Å².